The highest BCUT2D eigenvalue weighted by Gasteiger charge is 2.22. The highest BCUT2D eigenvalue weighted by molar-refractivity contribution is 5.67. The highest BCUT2D eigenvalue weighted by Crippen LogP contribution is 2.20. The molecule has 0 aromatic heterocycles. The molecule has 1 saturated heterocycles. The second-order valence-electron chi connectivity index (χ2n) is 3.40. The van der Waals surface area contributed by atoms with Crippen molar-refractivity contribution in [1.82, 2.24) is 5.32 Å². The fraction of sp³-hybridized carbons (Fsp3) is 0.857. The maximum Gasteiger partial charge on any atom is 0.407 e. The molecule has 0 saturated carbocycles. The van der Waals surface area contributed by atoms with E-state index in [1.54, 1.807) is 0 Å². The Balaban J connectivity index is 2.48. The van der Waals surface area contributed by atoms with Crippen molar-refractivity contribution in [2.24, 2.45) is 5.41 Å². The number of carbonyl (C=O) groups excluding carboxylic acids is 1. The van der Waals surface area contributed by atoms with Crippen molar-refractivity contribution in [3.8, 4) is 0 Å². The van der Waals surface area contributed by atoms with Crippen LogP contribution in [0.3, 0.4) is 0 Å². The Morgan fingerprint density at radius 1 is 1.60 bits per heavy atom. The van der Waals surface area contributed by atoms with Crippen LogP contribution in [0.15, 0.2) is 0 Å². The molecule has 0 spiro atoms. The lowest BCUT2D eigenvalue weighted by atomic mass is 9.90. The number of amides is 1. The van der Waals surface area contributed by atoms with Crippen LogP contribution < -0.4 is 5.32 Å². The summed E-state index contributed by atoms with van der Waals surface area (Å²) in [5, 5.41) is 2.67. The number of carbonyl (C=O) groups is 1. The maximum absolute atomic E-state index is 10.6. The predicted octanol–water partition coefficient (Wildman–Crippen LogP) is 1.14. The summed E-state index contributed by atoms with van der Waals surface area (Å²) in [5.74, 6) is 0. The van der Waals surface area contributed by atoms with Gasteiger partial charge in [-0.25, -0.2) is 4.79 Å². The van der Waals surface area contributed by atoms with Crippen molar-refractivity contribution in [2.75, 3.05) is 13.2 Å². The third kappa shape index (κ3) is 1.90. The van der Waals surface area contributed by atoms with Gasteiger partial charge in [-0.05, 0) is 11.8 Å². The summed E-state index contributed by atoms with van der Waals surface area (Å²) in [6, 6.07) is 0. The van der Waals surface area contributed by atoms with Crippen molar-refractivity contribution in [3.63, 3.8) is 0 Å². The molecule has 1 rings (SSSR count). The van der Waals surface area contributed by atoms with Crippen LogP contribution in [-0.4, -0.2) is 19.2 Å². The Morgan fingerprint density at radius 3 is 3.00 bits per heavy atom. The minimum atomic E-state index is -0.287. The number of hydrogen-bond acceptors (Lipinski definition) is 2. The number of rotatable bonds is 0. The van der Waals surface area contributed by atoms with E-state index in [1.807, 2.05) is 0 Å². The summed E-state index contributed by atoms with van der Waals surface area (Å²) in [4.78, 5) is 10.6. The lowest BCUT2D eigenvalue weighted by Crippen LogP contribution is -2.29. The van der Waals surface area contributed by atoms with E-state index in [0.29, 0.717) is 13.2 Å². The second kappa shape index (κ2) is 2.48. The normalized spacial score (nSPS) is 24.4. The Hall–Kier alpha value is -0.730. The molecule has 10 heavy (non-hydrogen) atoms. The van der Waals surface area contributed by atoms with E-state index in [-0.39, 0.29) is 11.5 Å². The van der Waals surface area contributed by atoms with Crippen LogP contribution in [0.1, 0.15) is 20.3 Å². The third-order valence-corrected chi connectivity index (χ3v) is 1.72. The monoisotopic (exact) mass is 143 g/mol. The first-order valence-corrected chi connectivity index (χ1v) is 3.51. The predicted molar refractivity (Wildman–Crippen MR) is 37.7 cm³/mol. The van der Waals surface area contributed by atoms with Crippen LogP contribution >= 0.6 is 0 Å². The molecule has 0 aromatic carbocycles. The Morgan fingerprint density at radius 2 is 2.30 bits per heavy atom. The molecule has 1 amide bonds. The molecule has 1 N–H and O–H groups in total. The van der Waals surface area contributed by atoms with Crippen molar-refractivity contribution in [1.29, 1.82) is 0 Å². The van der Waals surface area contributed by atoms with E-state index >= 15 is 0 Å². The Labute approximate surface area is 60.7 Å². The number of cyclic esters (lactones) is 1. The molecule has 1 fully saturated rings. The van der Waals surface area contributed by atoms with Gasteiger partial charge in [-0.1, -0.05) is 13.8 Å². The first-order chi connectivity index (χ1) is 4.60. The van der Waals surface area contributed by atoms with Crippen molar-refractivity contribution in [3.05, 3.63) is 0 Å². The number of hydrogen-bond donors (Lipinski definition) is 1. The maximum atomic E-state index is 10.6. The lowest BCUT2D eigenvalue weighted by Gasteiger charge is -2.19. The fourth-order valence-corrected chi connectivity index (χ4v) is 0.871. The molecule has 1 aliphatic rings. The van der Waals surface area contributed by atoms with E-state index in [4.69, 9.17) is 4.74 Å². The van der Waals surface area contributed by atoms with Gasteiger partial charge in [0.15, 0.2) is 0 Å². The van der Waals surface area contributed by atoms with Crippen LogP contribution in [0.4, 0.5) is 4.79 Å². The molecule has 58 valence electrons. The van der Waals surface area contributed by atoms with Crippen molar-refractivity contribution in [2.45, 2.75) is 20.3 Å². The topological polar surface area (TPSA) is 38.3 Å². The van der Waals surface area contributed by atoms with E-state index in [1.165, 1.54) is 0 Å². The second-order valence-corrected chi connectivity index (χ2v) is 3.40. The molecule has 1 aliphatic heterocycles. The molecule has 3 heteroatoms. The molecular formula is C7H13NO2. The van der Waals surface area contributed by atoms with Gasteiger partial charge in [-0.15, -0.1) is 0 Å². The molecule has 0 radical (unpaired) electrons. The van der Waals surface area contributed by atoms with Crippen molar-refractivity contribution < 1.29 is 9.53 Å². The van der Waals surface area contributed by atoms with E-state index in [9.17, 15) is 4.79 Å². The van der Waals surface area contributed by atoms with Crippen LogP contribution in [0.5, 0.6) is 0 Å². The van der Waals surface area contributed by atoms with Gasteiger partial charge in [0.2, 0.25) is 0 Å². The van der Waals surface area contributed by atoms with Crippen LogP contribution in [0.2, 0.25) is 0 Å². The molecule has 1 heterocycles. The van der Waals surface area contributed by atoms with Gasteiger partial charge in [0.1, 0.15) is 0 Å². The summed E-state index contributed by atoms with van der Waals surface area (Å²) >= 11 is 0. The molecule has 3 nitrogen and oxygen atoms in total. The average molecular weight is 143 g/mol. The quantitative estimate of drug-likeness (QED) is 0.552. The Kier molecular flexibility index (Phi) is 1.83. The van der Waals surface area contributed by atoms with E-state index in [0.717, 1.165) is 6.42 Å². The number of nitrogens with one attached hydrogen (secondary N) is 1. The van der Waals surface area contributed by atoms with Crippen LogP contribution in [-0.2, 0) is 4.74 Å². The first kappa shape index (κ1) is 7.38. The molecule has 0 bridgehead atoms. The third-order valence-electron chi connectivity index (χ3n) is 1.72. The first-order valence-electron chi connectivity index (χ1n) is 3.51. The smallest absolute Gasteiger partial charge is 0.407 e. The van der Waals surface area contributed by atoms with Crippen LogP contribution in [0.25, 0.3) is 0 Å². The SMILES string of the molecule is CC1(C)CCOC(=O)NC1. The minimum Gasteiger partial charge on any atom is -0.450 e. The zero-order valence-corrected chi connectivity index (χ0v) is 6.44. The molecule has 0 aromatic rings. The Bertz CT molecular complexity index is 143. The summed E-state index contributed by atoms with van der Waals surface area (Å²) in [6.45, 7) is 5.48. The van der Waals surface area contributed by atoms with Gasteiger partial charge in [-0.2, -0.15) is 0 Å². The lowest BCUT2D eigenvalue weighted by molar-refractivity contribution is 0.149. The summed E-state index contributed by atoms with van der Waals surface area (Å²) in [5.41, 5.74) is 0.187. The zero-order chi connectivity index (χ0) is 7.61. The standard InChI is InChI=1S/C7H13NO2/c1-7(2)3-4-10-6(9)8-5-7/h3-5H2,1-2H3,(H,8,9). The number of alkyl carbamates (subject to hydrolysis) is 1. The number of ether oxygens (including phenoxy) is 1. The van der Waals surface area contributed by atoms with Gasteiger partial charge in [0.05, 0.1) is 6.61 Å². The van der Waals surface area contributed by atoms with Gasteiger partial charge >= 0.3 is 6.09 Å². The summed E-state index contributed by atoms with van der Waals surface area (Å²) in [6.07, 6.45) is 0.650. The summed E-state index contributed by atoms with van der Waals surface area (Å²) in [7, 11) is 0. The summed E-state index contributed by atoms with van der Waals surface area (Å²) < 4.78 is 4.79. The van der Waals surface area contributed by atoms with Gasteiger partial charge in [0, 0.05) is 6.54 Å². The van der Waals surface area contributed by atoms with Gasteiger partial charge in [-0.3, -0.25) is 0 Å². The fourth-order valence-electron chi connectivity index (χ4n) is 0.871. The van der Waals surface area contributed by atoms with Gasteiger partial charge in [0.25, 0.3) is 0 Å². The van der Waals surface area contributed by atoms with Gasteiger partial charge < -0.3 is 10.1 Å². The molecule has 0 aliphatic carbocycles. The highest BCUT2D eigenvalue weighted by atomic mass is 16.5. The largest absolute Gasteiger partial charge is 0.450 e. The molecular weight excluding hydrogens is 130 g/mol. The van der Waals surface area contributed by atoms with Crippen molar-refractivity contribution >= 4 is 6.09 Å². The molecule has 0 unspecified atom stereocenters. The minimum absolute atomic E-state index is 0.187. The molecule has 0 atom stereocenters. The average Bonchev–Trinajstić information content (AvgIpc) is 1.94. The van der Waals surface area contributed by atoms with E-state index in [2.05, 4.69) is 19.2 Å². The van der Waals surface area contributed by atoms with E-state index < -0.39 is 0 Å². The zero-order valence-electron chi connectivity index (χ0n) is 6.44. The van der Waals surface area contributed by atoms with Crippen LogP contribution in [0, 0.1) is 5.41 Å².